The third-order valence-electron chi connectivity index (χ3n) is 4.30. The molecule has 2 atom stereocenters. The van der Waals surface area contributed by atoms with Crippen molar-refractivity contribution in [3.8, 4) is 11.3 Å². The number of halogens is 1. The van der Waals surface area contributed by atoms with Gasteiger partial charge in [0, 0.05) is 12.1 Å². The maximum atomic E-state index is 10.2. The lowest BCUT2D eigenvalue weighted by Gasteiger charge is -2.26. The Morgan fingerprint density at radius 1 is 1.38 bits per heavy atom. The first-order valence-corrected chi connectivity index (χ1v) is 7.99. The molecule has 2 N–H and O–H groups in total. The normalized spacial score (nSPS) is 22.5. The molecular formula is C16H19BrN2O2. The maximum Gasteiger partial charge on any atom is 0.158 e. The second-order valence-corrected chi connectivity index (χ2v) is 6.42. The number of nitrogens with one attached hydrogen (secondary N) is 1. The number of aromatic nitrogens is 1. The number of aliphatic hydroxyl groups is 1. The second-order valence-electron chi connectivity index (χ2n) is 5.62. The van der Waals surface area contributed by atoms with E-state index in [1.807, 2.05) is 12.1 Å². The van der Waals surface area contributed by atoms with Crippen LogP contribution in [0.2, 0.25) is 0 Å². The van der Waals surface area contributed by atoms with Gasteiger partial charge in [0.1, 0.15) is 5.69 Å². The summed E-state index contributed by atoms with van der Waals surface area (Å²) in [6, 6.07) is 6.16. The number of rotatable bonds is 2. The van der Waals surface area contributed by atoms with Crippen LogP contribution >= 0.6 is 15.9 Å². The number of hydrogen-bond donors (Lipinski definition) is 2. The van der Waals surface area contributed by atoms with Crippen molar-refractivity contribution in [2.75, 3.05) is 13.1 Å². The van der Waals surface area contributed by atoms with E-state index in [0.29, 0.717) is 6.54 Å². The van der Waals surface area contributed by atoms with Gasteiger partial charge in [0.25, 0.3) is 0 Å². The highest BCUT2D eigenvalue weighted by Crippen LogP contribution is 2.38. The van der Waals surface area contributed by atoms with Gasteiger partial charge in [-0.25, -0.2) is 0 Å². The molecule has 1 aliphatic rings. The average Bonchev–Trinajstić information content (AvgIpc) is 2.84. The van der Waals surface area contributed by atoms with Gasteiger partial charge in [-0.2, -0.15) is 0 Å². The number of piperidine rings is 1. The molecule has 0 saturated carbocycles. The van der Waals surface area contributed by atoms with Crippen molar-refractivity contribution >= 4 is 15.9 Å². The lowest BCUT2D eigenvalue weighted by Crippen LogP contribution is -2.38. The molecule has 1 fully saturated rings. The molecule has 0 spiro atoms. The van der Waals surface area contributed by atoms with Gasteiger partial charge >= 0.3 is 0 Å². The van der Waals surface area contributed by atoms with Crippen molar-refractivity contribution in [1.82, 2.24) is 10.5 Å². The van der Waals surface area contributed by atoms with Crippen molar-refractivity contribution < 1.29 is 9.63 Å². The van der Waals surface area contributed by atoms with Gasteiger partial charge in [-0.15, -0.1) is 0 Å². The summed E-state index contributed by atoms with van der Waals surface area (Å²) < 4.78 is 6.41. The zero-order valence-electron chi connectivity index (χ0n) is 12.2. The minimum Gasteiger partial charge on any atom is -0.392 e. The van der Waals surface area contributed by atoms with Crippen molar-refractivity contribution in [2.24, 2.45) is 0 Å². The Labute approximate surface area is 132 Å². The average molecular weight is 351 g/mol. The van der Waals surface area contributed by atoms with Crippen LogP contribution in [0.3, 0.4) is 0 Å². The van der Waals surface area contributed by atoms with Gasteiger partial charge < -0.3 is 14.9 Å². The molecule has 1 aromatic carbocycles. The molecule has 3 rings (SSSR count). The lowest BCUT2D eigenvalue weighted by atomic mass is 9.93. The number of nitrogens with zero attached hydrogens (tertiary/aromatic N) is 1. The zero-order chi connectivity index (χ0) is 15.0. The van der Waals surface area contributed by atoms with Crippen LogP contribution in [0.5, 0.6) is 0 Å². The van der Waals surface area contributed by atoms with Gasteiger partial charge in [0.2, 0.25) is 0 Å². The monoisotopic (exact) mass is 350 g/mol. The van der Waals surface area contributed by atoms with E-state index in [1.54, 1.807) is 0 Å². The molecule has 0 radical (unpaired) electrons. The molecule has 5 heteroatoms. The van der Waals surface area contributed by atoms with Gasteiger partial charge in [-0.05, 0) is 53.9 Å². The van der Waals surface area contributed by atoms with E-state index in [0.717, 1.165) is 34.5 Å². The van der Waals surface area contributed by atoms with Gasteiger partial charge in [-0.3, -0.25) is 0 Å². The van der Waals surface area contributed by atoms with Crippen molar-refractivity contribution in [3.05, 3.63) is 39.6 Å². The maximum absolute atomic E-state index is 10.2. The standard InChI is InChI=1S/C16H19BrN2O2/c1-9-4-3-5-11(10(9)2)15-14(17)16(21-19-15)12-8-18-7-6-13(12)20/h3-5,12-13,18,20H,6-8H2,1-2H3/t12?,13-/m1/s1. The van der Waals surface area contributed by atoms with Crippen LogP contribution in [-0.2, 0) is 0 Å². The predicted octanol–water partition coefficient (Wildman–Crippen LogP) is 3.16. The SMILES string of the molecule is Cc1cccc(-c2noc(C3CNCC[C@H]3O)c2Br)c1C. The lowest BCUT2D eigenvalue weighted by molar-refractivity contribution is 0.101. The van der Waals surface area contributed by atoms with Crippen LogP contribution in [0, 0.1) is 13.8 Å². The number of aliphatic hydroxyl groups excluding tert-OH is 1. The summed E-state index contributed by atoms with van der Waals surface area (Å²) >= 11 is 3.61. The third-order valence-corrected chi connectivity index (χ3v) is 5.07. The van der Waals surface area contributed by atoms with E-state index in [1.165, 1.54) is 11.1 Å². The fourth-order valence-electron chi connectivity index (χ4n) is 2.81. The summed E-state index contributed by atoms with van der Waals surface area (Å²) in [5.41, 5.74) is 4.29. The molecule has 0 aliphatic carbocycles. The van der Waals surface area contributed by atoms with Crippen LogP contribution in [0.4, 0.5) is 0 Å². The minimum atomic E-state index is -0.387. The first-order chi connectivity index (χ1) is 10.1. The highest BCUT2D eigenvalue weighted by atomic mass is 79.9. The molecule has 1 aromatic heterocycles. The number of benzene rings is 1. The van der Waals surface area contributed by atoms with E-state index < -0.39 is 0 Å². The van der Waals surface area contributed by atoms with Crippen LogP contribution in [-0.4, -0.2) is 29.5 Å². The van der Waals surface area contributed by atoms with Crippen molar-refractivity contribution in [1.29, 1.82) is 0 Å². The highest BCUT2D eigenvalue weighted by molar-refractivity contribution is 9.10. The Hall–Kier alpha value is -1.17. The first kappa shape index (κ1) is 14.8. The van der Waals surface area contributed by atoms with E-state index in [4.69, 9.17) is 4.52 Å². The summed E-state index contributed by atoms with van der Waals surface area (Å²) in [4.78, 5) is 0. The van der Waals surface area contributed by atoms with E-state index in [2.05, 4.69) is 46.3 Å². The summed E-state index contributed by atoms with van der Waals surface area (Å²) in [6.07, 6.45) is 0.346. The topological polar surface area (TPSA) is 58.3 Å². The quantitative estimate of drug-likeness (QED) is 0.873. The summed E-state index contributed by atoms with van der Waals surface area (Å²) in [5, 5.41) is 17.7. The predicted molar refractivity (Wildman–Crippen MR) is 85.3 cm³/mol. The summed E-state index contributed by atoms with van der Waals surface area (Å²) in [6.45, 7) is 5.72. The molecule has 0 bridgehead atoms. The van der Waals surface area contributed by atoms with Crippen LogP contribution in [0.1, 0.15) is 29.2 Å². The smallest absolute Gasteiger partial charge is 0.158 e. The Morgan fingerprint density at radius 3 is 2.95 bits per heavy atom. The fraction of sp³-hybridized carbons (Fsp3) is 0.438. The fourth-order valence-corrected chi connectivity index (χ4v) is 3.46. The van der Waals surface area contributed by atoms with Crippen LogP contribution in [0.15, 0.2) is 27.2 Å². The number of hydrogen-bond acceptors (Lipinski definition) is 4. The molecule has 2 aromatic rings. The largest absolute Gasteiger partial charge is 0.392 e. The molecular weight excluding hydrogens is 332 g/mol. The summed E-state index contributed by atoms with van der Waals surface area (Å²) in [7, 11) is 0. The summed E-state index contributed by atoms with van der Waals surface area (Å²) in [5.74, 6) is 0.671. The molecule has 1 saturated heterocycles. The van der Waals surface area contributed by atoms with E-state index in [-0.39, 0.29) is 12.0 Å². The van der Waals surface area contributed by atoms with Gasteiger partial charge in [0.05, 0.1) is 16.5 Å². The number of aryl methyl sites for hydroxylation is 1. The zero-order valence-corrected chi connectivity index (χ0v) is 13.8. The third kappa shape index (κ3) is 2.65. The second kappa shape index (κ2) is 5.91. The first-order valence-electron chi connectivity index (χ1n) is 7.20. The van der Waals surface area contributed by atoms with Gasteiger partial charge in [0.15, 0.2) is 5.76 Å². The molecule has 1 unspecified atom stereocenters. The Morgan fingerprint density at radius 2 is 2.19 bits per heavy atom. The van der Waals surface area contributed by atoms with E-state index in [9.17, 15) is 5.11 Å². The molecule has 112 valence electrons. The van der Waals surface area contributed by atoms with Crippen LogP contribution in [0.25, 0.3) is 11.3 Å². The Bertz CT molecular complexity index is 654. The molecule has 4 nitrogen and oxygen atoms in total. The molecule has 21 heavy (non-hydrogen) atoms. The Balaban J connectivity index is 2.01. The van der Waals surface area contributed by atoms with Gasteiger partial charge in [-0.1, -0.05) is 23.4 Å². The van der Waals surface area contributed by atoms with E-state index >= 15 is 0 Å². The van der Waals surface area contributed by atoms with Crippen molar-refractivity contribution in [3.63, 3.8) is 0 Å². The molecule has 2 heterocycles. The van der Waals surface area contributed by atoms with Crippen LogP contribution < -0.4 is 5.32 Å². The highest BCUT2D eigenvalue weighted by Gasteiger charge is 2.31. The Kier molecular flexibility index (Phi) is 4.15. The molecule has 0 amide bonds. The minimum absolute atomic E-state index is 0.0560. The molecule has 1 aliphatic heterocycles. The van der Waals surface area contributed by atoms with Crippen molar-refractivity contribution in [2.45, 2.75) is 32.3 Å².